The van der Waals surface area contributed by atoms with Crippen LogP contribution in [0.3, 0.4) is 0 Å². The van der Waals surface area contributed by atoms with Crippen molar-refractivity contribution in [3.63, 3.8) is 0 Å². The second kappa shape index (κ2) is 8.77. The highest BCUT2D eigenvalue weighted by Crippen LogP contribution is 2.39. The van der Waals surface area contributed by atoms with E-state index in [1.54, 1.807) is 36.0 Å². The zero-order valence-corrected chi connectivity index (χ0v) is 17.2. The van der Waals surface area contributed by atoms with Gasteiger partial charge in [0.2, 0.25) is 0 Å². The van der Waals surface area contributed by atoms with Gasteiger partial charge in [-0.15, -0.1) is 23.1 Å². The summed E-state index contributed by atoms with van der Waals surface area (Å²) in [5, 5.41) is 4.67. The van der Waals surface area contributed by atoms with E-state index in [-0.39, 0.29) is 5.91 Å². The second-order valence-electron chi connectivity index (χ2n) is 5.77. The van der Waals surface area contributed by atoms with Crippen LogP contribution in [0.4, 0.5) is 0 Å². The lowest BCUT2D eigenvalue weighted by atomic mass is 9.92. The molecule has 0 fully saturated rings. The lowest BCUT2D eigenvalue weighted by Crippen LogP contribution is -2.41. The van der Waals surface area contributed by atoms with Crippen LogP contribution in [0.15, 0.2) is 33.6 Å². The molecule has 142 valence electrons. The predicted octanol–water partition coefficient (Wildman–Crippen LogP) is 3.89. The Balaban J connectivity index is 1.78. The third-order valence-electron chi connectivity index (χ3n) is 4.09. The van der Waals surface area contributed by atoms with Gasteiger partial charge in [0.15, 0.2) is 0 Å². The number of fused-ring (bicyclic) bond motifs is 1. The molecule has 2 N–H and O–H groups in total. The van der Waals surface area contributed by atoms with E-state index in [1.807, 2.05) is 6.26 Å². The molecule has 1 aliphatic carbocycles. The third-order valence-corrected chi connectivity index (χ3v) is 6.70. The SMILES string of the molecule is CO/N=C1\CCCc2c(C(=O)NNC(=O)c3ccc(Cl)cc3)sc(SC)c21. The molecule has 0 unspecified atom stereocenters. The maximum Gasteiger partial charge on any atom is 0.280 e. The van der Waals surface area contributed by atoms with E-state index in [1.165, 1.54) is 18.4 Å². The van der Waals surface area contributed by atoms with Crippen LogP contribution in [0, 0.1) is 0 Å². The Morgan fingerprint density at radius 1 is 1.19 bits per heavy atom. The van der Waals surface area contributed by atoms with Crippen molar-refractivity contribution >= 4 is 52.2 Å². The Morgan fingerprint density at radius 2 is 1.89 bits per heavy atom. The molecule has 0 saturated carbocycles. The maximum absolute atomic E-state index is 12.7. The number of oxime groups is 1. The minimum absolute atomic E-state index is 0.336. The summed E-state index contributed by atoms with van der Waals surface area (Å²) in [6, 6.07) is 6.43. The quantitative estimate of drug-likeness (QED) is 0.577. The summed E-state index contributed by atoms with van der Waals surface area (Å²) < 4.78 is 1.02. The van der Waals surface area contributed by atoms with Crippen molar-refractivity contribution in [2.24, 2.45) is 5.16 Å². The van der Waals surface area contributed by atoms with Gasteiger partial charge in [0, 0.05) is 16.1 Å². The Labute approximate surface area is 170 Å². The first-order chi connectivity index (χ1) is 13.0. The largest absolute Gasteiger partial charge is 0.399 e. The van der Waals surface area contributed by atoms with Crippen molar-refractivity contribution < 1.29 is 14.4 Å². The number of thioether (sulfide) groups is 1. The number of halogens is 1. The molecule has 0 aliphatic heterocycles. The monoisotopic (exact) mass is 423 g/mol. The molecule has 0 atom stereocenters. The van der Waals surface area contributed by atoms with Crippen molar-refractivity contribution in [3.05, 3.63) is 50.9 Å². The predicted molar refractivity (Wildman–Crippen MR) is 109 cm³/mol. The van der Waals surface area contributed by atoms with E-state index < -0.39 is 5.91 Å². The molecule has 2 amide bonds. The number of benzene rings is 1. The van der Waals surface area contributed by atoms with Gasteiger partial charge in [-0.1, -0.05) is 16.8 Å². The van der Waals surface area contributed by atoms with Crippen LogP contribution < -0.4 is 10.9 Å². The van der Waals surface area contributed by atoms with Gasteiger partial charge in [0.05, 0.1) is 14.8 Å². The molecule has 0 bridgehead atoms. The first-order valence-corrected chi connectivity index (χ1v) is 10.6. The van der Waals surface area contributed by atoms with Crippen molar-refractivity contribution in [2.75, 3.05) is 13.4 Å². The van der Waals surface area contributed by atoms with E-state index in [0.29, 0.717) is 15.5 Å². The molecule has 27 heavy (non-hydrogen) atoms. The summed E-state index contributed by atoms with van der Waals surface area (Å²) >= 11 is 8.81. The molecular formula is C18H18ClN3O3S2. The summed E-state index contributed by atoms with van der Waals surface area (Å²) in [6.07, 6.45) is 4.48. The zero-order chi connectivity index (χ0) is 19.4. The summed E-state index contributed by atoms with van der Waals surface area (Å²) in [6.45, 7) is 0. The number of rotatable bonds is 4. The van der Waals surface area contributed by atoms with E-state index in [2.05, 4.69) is 16.0 Å². The average Bonchev–Trinajstić information content (AvgIpc) is 3.06. The summed E-state index contributed by atoms with van der Waals surface area (Å²) in [5.74, 6) is -0.741. The number of hydrogen-bond acceptors (Lipinski definition) is 6. The zero-order valence-electron chi connectivity index (χ0n) is 14.8. The number of nitrogens with zero attached hydrogens (tertiary/aromatic N) is 1. The first-order valence-electron chi connectivity index (χ1n) is 8.21. The molecule has 1 aromatic carbocycles. The van der Waals surface area contributed by atoms with Crippen LogP contribution in [0.5, 0.6) is 0 Å². The molecular weight excluding hydrogens is 406 g/mol. The van der Waals surface area contributed by atoms with Crippen LogP contribution in [-0.4, -0.2) is 30.9 Å². The standard InChI is InChI=1S/C18H18ClN3O3S2/c1-25-22-13-5-3-4-12-14(13)18(26-2)27-15(12)17(24)21-20-16(23)10-6-8-11(19)9-7-10/h6-9H,3-5H2,1-2H3,(H,20,23)(H,21,24)/b22-13+. The number of nitrogens with one attached hydrogen (secondary N) is 2. The molecule has 6 nitrogen and oxygen atoms in total. The first kappa shape index (κ1) is 19.7. The molecule has 9 heteroatoms. The lowest BCUT2D eigenvalue weighted by Gasteiger charge is -2.16. The van der Waals surface area contributed by atoms with Crippen LogP contribution >= 0.6 is 34.7 Å². The van der Waals surface area contributed by atoms with Crippen molar-refractivity contribution in [1.82, 2.24) is 10.9 Å². The van der Waals surface area contributed by atoms with Crippen molar-refractivity contribution in [3.8, 4) is 0 Å². The Hall–Kier alpha value is -2.03. The number of hydrogen-bond donors (Lipinski definition) is 2. The fraction of sp³-hybridized carbons (Fsp3) is 0.278. The second-order valence-corrected chi connectivity index (χ2v) is 8.30. The van der Waals surface area contributed by atoms with Gasteiger partial charge >= 0.3 is 0 Å². The highest BCUT2D eigenvalue weighted by molar-refractivity contribution is 8.00. The van der Waals surface area contributed by atoms with Gasteiger partial charge in [0.25, 0.3) is 11.8 Å². The van der Waals surface area contributed by atoms with E-state index >= 15 is 0 Å². The highest BCUT2D eigenvalue weighted by atomic mass is 35.5. The number of hydrazine groups is 1. The van der Waals surface area contributed by atoms with Gasteiger partial charge in [-0.3, -0.25) is 20.4 Å². The lowest BCUT2D eigenvalue weighted by molar-refractivity contribution is 0.0848. The van der Waals surface area contributed by atoms with Gasteiger partial charge in [-0.25, -0.2) is 0 Å². The fourth-order valence-electron chi connectivity index (χ4n) is 2.90. The van der Waals surface area contributed by atoms with Gasteiger partial charge in [-0.2, -0.15) is 0 Å². The van der Waals surface area contributed by atoms with Gasteiger partial charge < -0.3 is 4.84 Å². The number of carbonyl (C=O) groups is 2. The summed E-state index contributed by atoms with van der Waals surface area (Å²) in [7, 11) is 1.52. The third kappa shape index (κ3) is 4.28. The van der Waals surface area contributed by atoms with E-state index in [4.69, 9.17) is 16.4 Å². The van der Waals surface area contributed by atoms with Crippen LogP contribution in [0.1, 0.15) is 44.0 Å². The minimum Gasteiger partial charge on any atom is -0.399 e. The average molecular weight is 424 g/mol. The smallest absolute Gasteiger partial charge is 0.280 e. The number of amides is 2. The van der Waals surface area contributed by atoms with E-state index in [9.17, 15) is 9.59 Å². The normalized spacial score (nSPS) is 14.6. The number of thiophene rings is 1. The van der Waals surface area contributed by atoms with Gasteiger partial charge in [0.1, 0.15) is 7.11 Å². The van der Waals surface area contributed by atoms with Crippen LogP contribution in [0.2, 0.25) is 5.02 Å². The van der Waals surface area contributed by atoms with Gasteiger partial charge in [-0.05, 0) is 55.3 Å². The minimum atomic E-state index is -0.405. The van der Waals surface area contributed by atoms with Crippen molar-refractivity contribution in [1.29, 1.82) is 0 Å². The van der Waals surface area contributed by atoms with Crippen molar-refractivity contribution in [2.45, 2.75) is 23.5 Å². The molecule has 0 spiro atoms. The molecule has 1 aromatic heterocycles. The molecule has 0 saturated heterocycles. The Bertz CT molecular complexity index is 894. The topological polar surface area (TPSA) is 79.8 Å². The molecule has 3 rings (SSSR count). The summed E-state index contributed by atoms with van der Waals surface area (Å²) in [4.78, 5) is 30.4. The Kier molecular flexibility index (Phi) is 6.41. The fourth-order valence-corrected chi connectivity index (χ4v) is 5.06. The van der Waals surface area contributed by atoms with Crippen LogP contribution in [-0.2, 0) is 11.3 Å². The molecule has 0 radical (unpaired) electrons. The highest BCUT2D eigenvalue weighted by Gasteiger charge is 2.28. The molecule has 1 aliphatic rings. The molecule has 1 heterocycles. The van der Waals surface area contributed by atoms with Crippen LogP contribution in [0.25, 0.3) is 0 Å². The Morgan fingerprint density at radius 3 is 2.56 bits per heavy atom. The maximum atomic E-state index is 12.7. The molecule has 2 aromatic rings. The number of carbonyl (C=O) groups excluding carboxylic acids is 2. The summed E-state index contributed by atoms with van der Waals surface area (Å²) in [5.41, 5.74) is 8.19. The van der Waals surface area contributed by atoms with E-state index in [0.717, 1.165) is 40.3 Å².